The van der Waals surface area contributed by atoms with E-state index in [1.807, 2.05) is 30.3 Å². The predicted octanol–water partition coefficient (Wildman–Crippen LogP) is 3.24. The molecular weight excluding hydrogens is 342 g/mol. The van der Waals surface area contributed by atoms with Crippen LogP contribution in [0.3, 0.4) is 0 Å². The van der Waals surface area contributed by atoms with E-state index in [1.165, 1.54) is 7.11 Å². The molecule has 1 aromatic heterocycles. The van der Waals surface area contributed by atoms with Crippen LogP contribution in [-0.4, -0.2) is 36.6 Å². The highest BCUT2D eigenvalue weighted by atomic mass is 16.5. The van der Waals surface area contributed by atoms with Gasteiger partial charge in [-0.1, -0.05) is 6.07 Å². The number of hydrogen-bond acceptors (Lipinski definition) is 5. The number of methoxy groups -OCH3 is 1. The molecule has 4 rings (SSSR count). The average Bonchev–Trinajstić information content (AvgIpc) is 3.08. The molecule has 2 aromatic carbocycles. The molecule has 1 aliphatic rings. The summed E-state index contributed by atoms with van der Waals surface area (Å²) in [6, 6.07) is 16.4. The fourth-order valence-electron chi connectivity index (χ4n) is 3.32. The lowest BCUT2D eigenvalue weighted by atomic mass is 10.1. The van der Waals surface area contributed by atoms with Crippen LogP contribution in [0, 0.1) is 0 Å². The number of pyridine rings is 1. The molecule has 1 N–H and O–H groups in total. The third kappa shape index (κ3) is 3.33. The van der Waals surface area contributed by atoms with Crippen LogP contribution < -0.4 is 10.2 Å². The highest BCUT2D eigenvalue weighted by Gasteiger charge is 2.32. The second-order valence-corrected chi connectivity index (χ2v) is 6.42. The normalized spacial score (nSPS) is 16.6. The van der Waals surface area contributed by atoms with Gasteiger partial charge in [0, 0.05) is 29.5 Å². The number of anilines is 2. The summed E-state index contributed by atoms with van der Waals surface area (Å²) in [5, 5.41) is 4.27. The fourth-order valence-corrected chi connectivity index (χ4v) is 3.32. The van der Waals surface area contributed by atoms with Gasteiger partial charge in [-0.05, 0) is 55.0 Å². The van der Waals surface area contributed by atoms with Gasteiger partial charge in [-0.25, -0.2) is 4.79 Å². The van der Waals surface area contributed by atoms with Gasteiger partial charge in [0.2, 0.25) is 5.91 Å². The van der Waals surface area contributed by atoms with Gasteiger partial charge < -0.3 is 15.0 Å². The number of aromatic nitrogens is 1. The maximum absolute atomic E-state index is 12.8. The second kappa shape index (κ2) is 7.07. The number of nitrogens with zero attached hydrogens (tertiary/aromatic N) is 2. The summed E-state index contributed by atoms with van der Waals surface area (Å²) in [6.45, 7) is 0.655. The highest BCUT2D eigenvalue weighted by molar-refractivity contribution is 6.02. The lowest BCUT2D eigenvalue weighted by molar-refractivity contribution is -0.117. The Balaban J connectivity index is 1.48. The Kier molecular flexibility index (Phi) is 4.46. The van der Waals surface area contributed by atoms with Crippen LogP contribution in [0.15, 0.2) is 60.8 Å². The number of hydrogen-bond donors (Lipinski definition) is 1. The van der Waals surface area contributed by atoms with Crippen LogP contribution in [-0.2, 0) is 9.53 Å². The monoisotopic (exact) mass is 361 g/mol. The molecule has 0 radical (unpaired) electrons. The number of nitrogens with one attached hydrogen (secondary N) is 1. The highest BCUT2D eigenvalue weighted by Crippen LogP contribution is 2.26. The summed E-state index contributed by atoms with van der Waals surface area (Å²) >= 11 is 0. The van der Waals surface area contributed by atoms with Crippen molar-refractivity contribution in [1.82, 2.24) is 4.98 Å². The smallest absolute Gasteiger partial charge is 0.337 e. The van der Waals surface area contributed by atoms with Crippen molar-refractivity contribution in [3.63, 3.8) is 0 Å². The third-order valence-electron chi connectivity index (χ3n) is 4.75. The van der Waals surface area contributed by atoms with E-state index in [9.17, 15) is 9.59 Å². The molecule has 27 heavy (non-hydrogen) atoms. The lowest BCUT2D eigenvalue weighted by Crippen LogP contribution is -2.33. The molecule has 0 spiro atoms. The first-order chi connectivity index (χ1) is 13.2. The van der Waals surface area contributed by atoms with Gasteiger partial charge in [0.25, 0.3) is 0 Å². The maximum atomic E-state index is 12.8. The summed E-state index contributed by atoms with van der Waals surface area (Å²) in [6.07, 6.45) is 2.47. The minimum absolute atomic E-state index is 0.0373. The maximum Gasteiger partial charge on any atom is 0.337 e. The number of rotatable bonds is 4. The first kappa shape index (κ1) is 17.0. The van der Waals surface area contributed by atoms with E-state index in [0.717, 1.165) is 22.3 Å². The van der Waals surface area contributed by atoms with E-state index in [0.29, 0.717) is 18.5 Å². The number of carbonyl (C=O) groups excluding carboxylic acids is 2. The van der Waals surface area contributed by atoms with Crippen LogP contribution in [0.4, 0.5) is 11.4 Å². The number of amides is 1. The number of esters is 1. The van der Waals surface area contributed by atoms with Crippen molar-refractivity contribution in [3.8, 4) is 0 Å². The Morgan fingerprint density at radius 3 is 2.78 bits per heavy atom. The van der Waals surface area contributed by atoms with Gasteiger partial charge in [-0.15, -0.1) is 0 Å². The zero-order chi connectivity index (χ0) is 18.8. The SMILES string of the molecule is COC(=O)c1ccc(NC2CCN(c3ccc4ncccc4c3)C2=O)cc1. The average molecular weight is 361 g/mol. The standard InChI is InChI=1S/C21H19N3O3/c1-27-21(26)14-4-6-16(7-5-14)23-19-10-12-24(20(19)25)17-8-9-18-15(13-17)3-2-11-22-18/h2-9,11,13,19,23H,10,12H2,1H3. The van der Waals surface area contributed by atoms with Crippen molar-refractivity contribution in [2.24, 2.45) is 0 Å². The molecule has 1 aliphatic heterocycles. The Morgan fingerprint density at radius 1 is 1.19 bits per heavy atom. The molecule has 0 saturated carbocycles. The van der Waals surface area contributed by atoms with E-state index in [4.69, 9.17) is 4.74 Å². The molecule has 1 atom stereocenters. The Bertz CT molecular complexity index is 1000. The number of carbonyl (C=O) groups is 2. The van der Waals surface area contributed by atoms with Gasteiger partial charge in [0.15, 0.2) is 0 Å². The van der Waals surface area contributed by atoms with Gasteiger partial charge in [0.05, 0.1) is 18.2 Å². The van der Waals surface area contributed by atoms with Crippen molar-refractivity contribution >= 4 is 34.2 Å². The van der Waals surface area contributed by atoms with Gasteiger partial charge in [0.1, 0.15) is 6.04 Å². The van der Waals surface area contributed by atoms with Gasteiger partial charge in [-0.2, -0.15) is 0 Å². The van der Waals surface area contributed by atoms with Crippen molar-refractivity contribution in [3.05, 3.63) is 66.4 Å². The molecule has 1 fully saturated rings. The molecular formula is C21H19N3O3. The molecule has 6 nitrogen and oxygen atoms in total. The van der Waals surface area contributed by atoms with Crippen LogP contribution in [0.1, 0.15) is 16.8 Å². The van der Waals surface area contributed by atoms with Crippen LogP contribution >= 0.6 is 0 Å². The summed E-state index contributed by atoms with van der Waals surface area (Å²) in [5.74, 6) is -0.342. The Morgan fingerprint density at radius 2 is 2.00 bits per heavy atom. The van der Waals surface area contributed by atoms with Crippen molar-refractivity contribution in [1.29, 1.82) is 0 Å². The largest absolute Gasteiger partial charge is 0.465 e. The number of benzene rings is 2. The summed E-state index contributed by atoms with van der Waals surface area (Å²) in [5.41, 5.74) is 3.07. The molecule has 1 saturated heterocycles. The van der Waals surface area contributed by atoms with E-state index < -0.39 is 0 Å². The molecule has 136 valence electrons. The Labute approximate surface area is 156 Å². The minimum Gasteiger partial charge on any atom is -0.465 e. The molecule has 6 heteroatoms. The van der Waals surface area contributed by atoms with Crippen molar-refractivity contribution in [2.75, 3.05) is 23.9 Å². The molecule has 1 amide bonds. The minimum atomic E-state index is -0.379. The second-order valence-electron chi connectivity index (χ2n) is 6.42. The molecule has 3 aromatic rings. The first-order valence-corrected chi connectivity index (χ1v) is 8.77. The quantitative estimate of drug-likeness (QED) is 0.723. The van der Waals surface area contributed by atoms with Crippen molar-refractivity contribution in [2.45, 2.75) is 12.5 Å². The van der Waals surface area contributed by atoms with Crippen LogP contribution in [0.2, 0.25) is 0 Å². The van der Waals surface area contributed by atoms with Gasteiger partial charge in [-0.3, -0.25) is 9.78 Å². The zero-order valence-electron chi connectivity index (χ0n) is 14.9. The zero-order valence-corrected chi connectivity index (χ0v) is 14.9. The predicted molar refractivity (Wildman–Crippen MR) is 104 cm³/mol. The lowest BCUT2D eigenvalue weighted by Gasteiger charge is -2.18. The summed E-state index contributed by atoms with van der Waals surface area (Å²) in [7, 11) is 1.35. The molecule has 0 bridgehead atoms. The Hall–Kier alpha value is -3.41. The number of ether oxygens (including phenoxy) is 1. The van der Waals surface area contributed by atoms with Gasteiger partial charge >= 0.3 is 5.97 Å². The van der Waals surface area contributed by atoms with E-state index in [2.05, 4.69) is 10.3 Å². The molecule has 0 aliphatic carbocycles. The molecule has 2 heterocycles. The van der Waals surface area contributed by atoms with E-state index in [1.54, 1.807) is 35.4 Å². The van der Waals surface area contributed by atoms with Crippen LogP contribution in [0.5, 0.6) is 0 Å². The van der Waals surface area contributed by atoms with E-state index >= 15 is 0 Å². The number of fused-ring (bicyclic) bond motifs is 1. The summed E-state index contributed by atoms with van der Waals surface area (Å²) in [4.78, 5) is 30.5. The van der Waals surface area contributed by atoms with Crippen LogP contribution in [0.25, 0.3) is 10.9 Å². The molecule has 1 unspecified atom stereocenters. The van der Waals surface area contributed by atoms with Crippen molar-refractivity contribution < 1.29 is 14.3 Å². The van der Waals surface area contributed by atoms with E-state index in [-0.39, 0.29) is 17.9 Å². The first-order valence-electron chi connectivity index (χ1n) is 8.77. The summed E-state index contributed by atoms with van der Waals surface area (Å²) < 4.78 is 4.70. The topological polar surface area (TPSA) is 71.5 Å². The third-order valence-corrected chi connectivity index (χ3v) is 4.75. The fraction of sp³-hybridized carbons (Fsp3) is 0.190.